The fourth-order valence-corrected chi connectivity index (χ4v) is 2.52. The van der Waals surface area contributed by atoms with Crippen molar-refractivity contribution in [3.05, 3.63) is 65.9 Å². The summed E-state index contributed by atoms with van der Waals surface area (Å²) >= 11 is 0. The normalized spacial score (nSPS) is 10.9. The van der Waals surface area contributed by atoms with Crippen LogP contribution in [0.2, 0.25) is 0 Å². The van der Waals surface area contributed by atoms with Crippen LogP contribution in [0.3, 0.4) is 0 Å². The molecule has 0 saturated carbocycles. The van der Waals surface area contributed by atoms with Crippen molar-refractivity contribution >= 4 is 16.8 Å². The van der Waals surface area contributed by atoms with Crippen molar-refractivity contribution in [1.82, 2.24) is 30.7 Å². The molecule has 4 aromatic rings. The van der Waals surface area contributed by atoms with Crippen molar-refractivity contribution in [1.29, 1.82) is 0 Å². The highest BCUT2D eigenvalue weighted by molar-refractivity contribution is 6.05. The van der Waals surface area contributed by atoms with Gasteiger partial charge in [-0.3, -0.25) is 15.0 Å². The molecule has 0 saturated heterocycles. The third-order valence-electron chi connectivity index (χ3n) is 3.77. The molecular formula is C17H13FN6O. The average Bonchev–Trinajstić information content (AvgIpc) is 3.29. The highest BCUT2D eigenvalue weighted by Gasteiger charge is 2.12. The number of aromatic amines is 2. The molecule has 3 N–H and O–H groups in total. The molecule has 4 rings (SSSR count). The minimum atomic E-state index is -0.320. The molecule has 1 amide bonds. The molecule has 0 aliphatic rings. The van der Waals surface area contributed by atoms with Crippen LogP contribution in [-0.4, -0.2) is 31.3 Å². The maximum Gasteiger partial charge on any atom is 0.253 e. The molecule has 124 valence electrons. The Morgan fingerprint density at radius 1 is 1.12 bits per heavy atom. The predicted molar refractivity (Wildman–Crippen MR) is 89.0 cm³/mol. The van der Waals surface area contributed by atoms with Gasteiger partial charge in [-0.25, -0.2) is 9.37 Å². The molecule has 2 heterocycles. The van der Waals surface area contributed by atoms with E-state index in [1.165, 1.54) is 12.1 Å². The van der Waals surface area contributed by atoms with E-state index in [-0.39, 0.29) is 18.3 Å². The zero-order chi connectivity index (χ0) is 17.2. The first kappa shape index (κ1) is 15.0. The first-order chi connectivity index (χ1) is 12.2. The first-order valence-electron chi connectivity index (χ1n) is 7.58. The Morgan fingerprint density at radius 3 is 2.80 bits per heavy atom. The molecule has 2 aromatic heterocycles. The maximum absolute atomic E-state index is 13.0. The Balaban J connectivity index is 1.47. The van der Waals surface area contributed by atoms with Crippen LogP contribution in [-0.2, 0) is 6.54 Å². The van der Waals surface area contributed by atoms with E-state index in [2.05, 4.69) is 30.7 Å². The number of nitrogens with one attached hydrogen (secondary N) is 3. The number of nitrogens with zero attached hydrogens (tertiary/aromatic N) is 3. The Hall–Kier alpha value is -3.55. The van der Waals surface area contributed by atoms with Crippen LogP contribution in [0.25, 0.3) is 22.3 Å². The second kappa shape index (κ2) is 6.16. The average molecular weight is 336 g/mol. The van der Waals surface area contributed by atoms with E-state index in [4.69, 9.17) is 0 Å². The predicted octanol–water partition coefficient (Wildman–Crippen LogP) is 2.42. The van der Waals surface area contributed by atoms with Gasteiger partial charge in [0, 0.05) is 10.9 Å². The van der Waals surface area contributed by atoms with E-state index >= 15 is 0 Å². The highest BCUT2D eigenvalue weighted by Crippen LogP contribution is 2.16. The third kappa shape index (κ3) is 2.97. The Morgan fingerprint density at radius 2 is 1.96 bits per heavy atom. The topological polar surface area (TPSA) is 99.3 Å². The van der Waals surface area contributed by atoms with Crippen molar-refractivity contribution in [2.24, 2.45) is 0 Å². The van der Waals surface area contributed by atoms with Crippen LogP contribution in [0.4, 0.5) is 4.39 Å². The van der Waals surface area contributed by atoms with E-state index < -0.39 is 0 Å². The van der Waals surface area contributed by atoms with Gasteiger partial charge in [-0.15, -0.1) is 0 Å². The number of aromatic nitrogens is 5. The highest BCUT2D eigenvalue weighted by atomic mass is 19.1. The molecular weight excluding hydrogens is 323 g/mol. The number of carbonyl (C=O) groups excluding carboxylic acids is 1. The van der Waals surface area contributed by atoms with Gasteiger partial charge in [0.1, 0.15) is 11.6 Å². The number of fused-ring (bicyclic) bond motifs is 1. The van der Waals surface area contributed by atoms with Gasteiger partial charge < -0.3 is 5.32 Å². The van der Waals surface area contributed by atoms with E-state index in [0.717, 1.165) is 5.39 Å². The molecule has 0 unspecified atom stereocenters. The lowest BCUT2D eigenvalue weighted by Gasteiger charge is -2.04. The lowest BCUT2D eigenvalue weighted by Crippen LogP contribution is -2.23. The second-order valence-electron chi connectivity index (χ2n) is 5.44. The molecule has 2 aromatic carbocycles. The SMILES string of the molecule is O=C(NCc1nc(-c2ccc(F)cc2)n[nH]1)c1cccc2cn[nH]c12. The third-order valence-corrected chi connectivity index (χ3v) is 3.77. The summed E-state index contributed by atoms with van der Waals surface area (Å²) in [6.45, 7) is 0.192. The van der Waals surface area contributed by atoms with Gasteiger partial charge in [0.25, 0.3) is 5.91 Å². The van der Waals surface area contributed by atoms with E-state index in [1.807, 2.05) is 6.07 Å². The molecule has 0 radical (unpaired) electrons. The van der Waals surface area contributed by atoms with E-state index in [0.29, 0.717) is 28.3 Å². The number of rotatable bonds is 4. The van der Waals surface area contributed by atoms with Crippen LogP contribution in [0.5, 0.6) is 0 Å². The van der Waals surface area contributed by atoms with Crippen LogP contribution in [0.15, 0.2) is 48.7 Å². The zero-order valence-electron chi connectivity index (χ0n) is 13.0. The number of halogens is 1. The van der Waals surface area contributed by atoms with Gasteiger partial charge in [-0.2, -0.15) is 10.2 Å². The molecule has 7 nitrogen and oxygen atoms in total. The number of carbonyl (C=O) groups is 1. The summed E-state index contributed by atoms with van der Waals surface area (Å²) in [6.07, 6.45) is 1.66. The zero-order valence-corrected chi connectivity index (χ0v) is 13.0. The number of H-pyrrole nitrogens is 2. The smallest absolute Gasteiger partial charge is 0.253 e. The summed E-state index contributed by atoms with van der Waals surface area (Å²) in [4.78, 5) is 16.7. The Kier molecular flexibility index (Phi) is 3.70. The van der Waals surface area contributed by atoms with Crippen molar-refractivity contribution in [2.45, 2.75) is 6.54 Å². The monoisotopic (exact) mass is 336 g/mol. The summed E-state index contributed by atoms with van der Waals surface area (Å²) in [6, 6.07) is 11.3. The second-order valence-corrected chi connectivity index (χ2v) is 5.44. The minimum Gasteiger partial charge on any atom is -0.345 e. The van der Waals surface area contributed by atoms with Crippen molar-refractivity contribution in [2.75, 3.05) is 0 Å². The van der Waals surface area contributed by atoms with Crippen LogP contribution < -0.4 is 5.32 Å². The molecule has 0 aliphatic carbocycles. The van der Waals surface area contributed by atoms with Gasteiger partial charge in [-0.1, -0.05) is 12.1 Å². The molecule has 0 atom stereocenters. The molecule has 25 heavy (non-hydrogen) atoms. The quantitative estimate of drug-likeness (QED) is 0.533. The summed E-state index contributed by atoms with van der Waals surface area (Å²) in [5.41, 5.74) is 1.88. The lowest BCUT2D eigenvalue weighted by molar-refractivity contribution is 0.0951. The lowest BCUT2D eigenvalue weighted by atomic mass is 10.1. The minimum absolute atomic E-state index is 0.192. The first-order valence-corrected chi connectivity index (χ1v) is 7.58. The molecule has 0 fully saturated rings. The number of hydrogen-bond donors (Lipinski definition) is 3. The summed E-state index contributed by atoms with van der Waals surface area (Å²) in [5, 5.41) is 17.3. The van der Waals surface area contributed by atoms with E-state index in [1.54, 1.807) is 30.5 Å². The summed E-state index contributed by atoms with van der Waals surface area (Å²) < 4.78 is 13.0. The van der Waals surface area contributed by atoms with Gasteiger partial charge in [-0.05, 0) is 30.3 Å². The fraction of sp³-hybridized carbons (Fsp3) is 0.0588. The largest absolute Gasteiger partial charge is 0.345 e. The van der Waals surface area contributed by atoms with Crippen LogP contribution in [0.1, 0.15) is 16.2 Å². The van der Waals surface area contributed by atoms with Gasteiger partial charge in [0.15, 0.2) is 5.82 Å². The van der Waals surface area contributed by atoms with Crippen LogP contribution >= 0.6 is 0 Å². The number of amides is 1. The summed E-state index contributed by atoms with van der Waals surface area (Å²) in [5.74, 6) is 0.388. The van der Waals surface area contributed by atoms with Gasteiger partial charge in [0.2, 0.25) is 0 Å². The van der Waals surface area contributed by atoms with Gasteiger partial charge in [0.05, 0.1) is 23.8 Å². The standard InChI is InChI=1S/C17H13FN6O/c18-12-6-4-10(5-7-12)16-21-14(22-24-16)9-19-17(25)13-3-1-2-11-8-20-23-15(11)13/h1-8H,9H2,(H,19,25)(H,20,23)(H,21,22,24). The molecule has 8 heteroatoms. The summed E-state index contributed by atoms with van der Waals surface area (Å²) in [7, 11) is 0. The van der Waals surface area contributed by atoms with E-state index in [9.17, 15) is 9.18 Å². The van der Waals surface area contributed by atoms with Crippen LogP contribution in [0, 0.1) is 5.82 Å². The van der Waals surface area contributed by atoms with Crippen molar-refractivity contribution < 1.29 is 9.18 Å². The van der Waals surface area contributed by atoms with Crippen molar-refractivity contribution in [3.63, 3.8) is 0 Å². The van der Waals surface area contributed by atoms with Crippen molar-refractivity contribution in [3.8, 4) is 11.4 Å². The Labute approximate surface area is 141 Å². The Bertz CT molecular complexity index is 1040. The fourth-order valence-electron chi connectivity index (χ4n) is 2.52. The number of hydrogen-bond acceptors (Lipinski definition) is 4. The maximum atomic E-state index is 13.0. The molecule has 0 bridgehead atoms. The molecule has 0 spiro atoms. The molecule has 0 aliphatic heterocycles. The number of para-hydroxylation sites is 1. The number of benzene rings is 2. The van der Waals surface area contributed by atoms with Gasteiger partial charge >= 0.3 is 0 Å².